The molecule has 0 atom stereocenters. The van der Waals surface area contributed by atoms with Crippen molar-refractivity contribution in [3.8, 4) is 16.9 Å². The summed E-state index contributed by atoms with van der Waals surface area (Å²) in [6.45, 7) is 0. The minimum absolute atomic E-state index is 0.0960. The number of nitrogens with zero attached hydrogens (tertiary/aromatic N) is 7. The third-order valence-electron chi connectivity index (χ3n) is 7.83. The maximum atomic E-state index is 12.4. The second-order valence-electron chi connectivity index (χ2n) is 11.5. The molecule has 0 heterocycles. The minimum Gasteiger partial charge on any atom is -0.505 e. The van der Waals surface area contributed by atoms with Crippen molar-refractivity contribution in [1.82, 2.24) is 0 Å². The first-order valence-corrected chi connectivity index (χ1v) is 18.3. The second-order valence-corrected chi connectivity index (χ2v) is 14.3. The fourth-order valence-electron chi connectivity index (χ4n) is 5.21. The van der Waals surface area contributed by atoms with E-state index in [1.165, 1.54) is 18.2 Å². The summed E-state index contributed by atoms with van der Waals surface area (Å²) >= 11 is 0. The van der Waals surface area contributed by atoms with Crippen molar-refractivity contribution in [2.75, 3.05) is 17.2 Å². The van der Waals surface area contributed by atoms with Crippen LogP contribution in [0.4, 0.5) is 56.9 Å². The fourth-order valence-corrected chi connectivity index (χ4v) is 6.53. The van der Waals surface area contributed by atoms with Crippen LogP contribution in [-0.4, -0.2) is 36.0 Å². The number of rotatable bonds is 10. The van der Waals surface area contributed by atoms with Crippen LogP contribution in [-0.2, 0) is 20.2 Å². The highest BCUT2D eigenvalue weighted by Gasteiger charge is 2.28. The van der Waals surface area contributed by atoms with Crippen LogP contribution in [0.2, 0.25) is 0 Å². The van der Waals surface area contributed by atoms with E-state index in [0.717, 1.165) is 29.3 Å². The lowest BCUT2D eigenvalue weighted by Gasteiger charge is -2.14. The predicted octanol–water partition coefficient (Wildman–Crippen LogP) is 8.61. The van der Waals surface area contributed by atoms with Gasteiger partial charge in [-0.1, -0.05) is 30.3 Å². The molecule has 6 aromatic carbocycles. The number of phenols is 1. The molecule has 0 bridgehead atoms. The monoisotopic (exact) mass is 782 g/mol. The van der Waals surface area contributed by atoms with Crippen LogP contribution in [0.15, 0.2) is 144 Å². The Morgan fingerprint density at radius 1 is 0.600 bits per heavy atom. The highest BCUT2D eigenvalue weighted by atomic mass is 32.2. The smallest absolute Gasteiger partial charge is 0.296 e. The highest BCUT2D eigenvalue weighted by Crippen LogP contribution is 2.48. The molecule has 0 aliphatic carbocycles. The summed E-state index contributed by atoms with van der Waals surface area (Å²) in [4.78, 5) is 8.54. The first-order valence-electron chi connectivity index (χ1n) is 15.4. The van der Waals surface area contributed by atoms with Crippen molar-refractivity contribution in [3.63, 3.8) is 0 Å². The molecule has 278 valence electrons. The number of benzene rings is 6. The van der Waals surface area contributed by atoms with Gasteiger partial charge in [-0.2, -0.15) is 32.2 Å². The van der Waals surface area contributed by atoms with E-state index in [-0.39, 0.29) is 22.4 Å². The molecule has 21 heteroatoms. The van der Waals surface area contributed by atoms with Crippen molar-refractivity contribution in [2.24, 2.45) is 30.7 Å². The highest BCUT2D eigenvalue weighted by molar-refractivity contribution is 7.86. The maximum absolute atomic E-state index is 12.4. The summed E-state index contributed by atoms with van der Waals surface area (Å²) in [5.74, 6) is -0.951. The molecular formula is C34H26N10O9S2. The average Bonchev–Trinajstić information content (AvgIpc) is 3.13. The standard InChI is InChI=1S/C34H26N10O9S2/c35-21-8-13-27(26(36)16-21)41-38-22-9-4-18(5-10-22)19-6-11-23(12-7-19)39-43-33-29(55(51,52)53)15-20-14-28(54(48,49)50)32(31(37)30(20)34(33)45)42-40-24-2-1-3-25(17-24)44(46)47/h1-17,45H,35-37H2,(H,48,49,50)(H,51,52,53). The van der Waals surface area contributed by atoms with E-state index < -0.39 is 63.1 Å². The van der Waals surface area contributed by atoms with Gasteiger partial charge in [0, 0.05) is 17.8 Å². The summed E-state index contributed by atoms with van der Waals surface area (Å²) in [7, 11) is -10.3. The van der Waals surface area contributed by atoms with E-state index in [0.29, 0.717) is 22.7 Å². The van der Waals surface area contributed by atoms with Gasteiger partial charge in [0.1, 0.15) is 26.9 Å². The van der Waals surface area contributed by atoms with Gasteiger partial charge < -0.3 is 22.3 Å². The Kier molecular flexibility index (Phi) is 10.0. The number of hydrogen-bond donors (Lipinski definition) is 6. The van der Waals surface area contributed by atoms with Gasteiger partial charge >= 0.3 is 0 Å². The molecule has 55 heavy (non-hydrogen) atoms. The van der Waals surface area contributed by atoms with E-state index in [4.69, 9.17) is 17.2 Å². The molecule has 0 amide bonds. The molecule has 0 fully saturated rings. The zero-order chi connectivity index (χ0) is 39.7. The number of azo groups is 3. The summed E-state index contributed by atoms with van der Waals surface area (Å²) < 4.78 is 69.6. The molecule has 0 aromatic heterocycles. The van der Waals surface area contributed by atoms with Crippen molar-refractivity contribution < 1.29 is 36.0 Å². The molecule has 0 spiro atoms. The van der Waals surface area contributed by atoms with Gasteiger partial charge in [-0.25, -0.2) is 0 Å². The van der Waals surface area contributed by atoms with Gasteiger partial charge in [-0.3, -0.25) is 19.2 Å². The SMILES string of the molecule is Nc1ccc(N=Nc2ccc(-c3ccc(N=Nc4c(S(=O)(=O)O)cc5cc(S(=O)(=O)O)c(N=Nc6cccc([N+](=O)[O-])c6)c(N)c5c4O)cc3)cc2)c(N)c1. The van der Waals surface area contributed by atoms with Crippen LogP contribution in [0.1, 0.15) is 0 Å². The maximum Gasteiger partial charge on any atom is 0.296 e. The van der Waals surface area contributed by atoms with Crippen LogP contribution in [0.3, 0.4) is 0 Å². The molecule has 0 aliphatic rings. The van der Waals surface area contributed by atoms with Crippen molar-refractivity contribution >= 4 is 87.9 Å². The molecule has 0 unspecified atom stereocenters. The number of nitrogen functional groups attached to an aromatic ring is 3. The molecule has 0 aliphatic heterocycles. The lowest BCUT2D eigenvalue weighted by atomic mass is 10.0. The van der Waals surface area contributed by atoms with E-state index >= 15 is 0 Å². The molecule has 19 nitrogen and oxygen atoms in total. The van der Waals surface area contributed by atoms with Gasteiger partial charge in [0.2, 0.25) is 0 Å². The van der Waals surface area contributed by atoms with Crippen LogP contribution in [0.25, 0.3) is 21.9 Å². The number of fused-ring (bicyclic) bond motifs is 1. The van der Waals surface area contributed by atoms with Gasteiger partial charge in [-0.15, -0.1) is 15.3 Å². The lowest BCUT2D eigenvalue weighted by molar-refractivity contribution is -0.384. The number of anilines is 3. The number of aromatic hydroxyl groups is 1. The van der Waals surface area contributed by atoms with Crippen LogP contribution >= 0.6 is 0 Å². The average molecular weight is 783 g/mol. The van der Waals surface area contributed by atoms with Gasteiger partial charge in [0.05, 0.1) is 38.7 Å². The molecule has 6 rings (SSSR count). The Hall–Kier alpha value is -7.20. The van der Waals surface area contributed by atoms with E-state index in [2.05, 4.69) is 30.7 Å². The molecule has 9 N–H and O–H groups in total. The summed E-state index contributed by atoms with van der Waals surface area (Å²) in [5.41, 5.74) is 19.0. The Balaban J connectivity index is 1.34. The summed E-state index contributed by atoms with van der Waals surface area (Å²) in [6, 6.07) is 24.8. The molecule has 6 aromatic rings. The van der Waals surface area contributed by atoms with E-state index in [9.17, 15) is 41.2 Å². The van der Waals surface area contributed by atoms with Crippen molar-refractivity contribution in [3.05, 3.63) is 113 Å². The third-order valence-corrected chi connectivity index (χ3v) is 9.57. The molecule has 0 saturated heterocycles. The Labute approximate surface area is 310 Å². The normalized spacial score (nSPS) is 12.3. The quantitative estimate of drug-likeness (QED) is 0.0250. The number of nitro groups is 1. The Morgan fingerprint density at radius 2 is 1.13 bits per heavy atom. The lowest BCUT2D eigenvalue weighted by Crippen LogP contribution is -2.03. The summed E-state index contributed by atoms with van der Waals surface area (Å²) in [6.07, 6.45) is 0. The first-order chi connectivity index (χ1) is 26.0. The second kappa shape index (κ2) is 14.7. The number of nitrogens with two attached hydrogens (primary N) is 3. The van der Waals surface area contributed by atoms with Gasteiger partial charge in [-0.05, 0) is 77.2 Å². The van der Waals surface area contributed by atoms with Crippen molar-refractivity contribution in [2.45, 2.75) is 9.79 Å². The van der Waals surface area contributed by atoms with Crippen LogP contribution in [0, 0.1) is 10.1 Å². The molecular weight excluding hydrogens is 757 g/mol. The van der Waals surface area contributed by atoms with Crippen LogP contribution in [0.5, 0.6) is 5.75 Å². The van der Waals surface area contributed by atoms with Gasteiger partial charge in [0.25, 0.3) is 25.9 Å². The fraction of sp³-hybridized carbons (Fsp3) is 0. The topological polar surface area (TPSA) is 324 Å². The first kappa shape index (κ1) is 37.6. The molecule has 0 radical (unpaired) electrons. The zero-order valence-electron chi connectivity index (χ0n) is 27.8. The summed E-state index contributed by atoms with van der Waals surface area (Å²) in [5, 5.41) is 45.5. The Morgan fingerprint density at radius 3 is 1.67 bits per heavy atom. The predicted molar refractivity (Wildman–Crippen MR) is 202 cm³/mol. The van der Waals surface area contributed by atoms with E-state index in [1.807, 2.05) is 0 Å². The largest absolute Gasteiger partial charge is 0.505 e. The number of non-ortho nitro benzene ring substituents is 1. The third kappa shape index (κ3) is 8.23. The minimum atomic E-state index is -5.14. The number of hydrogen-bond acceptors (Lipinski definition) is 16. The van der Waals surface area contributed by atoms with Gasteiger partial charge in [0.15, 0.2) is 5.75 Å². The van der Waals surface area contributed by atoms with Crippen LogP contribution < -0.4 is 17.2 Å². The van der Waals surface area contributed by atoms with Crippen molar-refractivity contribution in [1.29, 1.82) is 0 Å². The Bertz CT molecular complexity index is 2830. The molecule has 0 saturated carbocycles. The number of phenolic OH excluding ortho intramolecular Hbond substituents is 1. The van der Waals surface area contributed by atoms with E-state index in [1.54, 1.807) is 66.7 Å². The zero-order valence-corrected chi connectivity index (χ0v) is 29.4. The number of nitro benzene ring substituents is 1.